The topological polar surface area (TPSA) is 37.4 Å². The Kier molecular flexibility index (Phi) is 2.40. The van der Waals surface area contributed by atoms with Crippen LogP contribution in [0.4, 0.5) is 5.69 Å². The molecule has 4 rings (SSSR count). The first-order valence-corrected chi connectivity index (χ1v) is 7.57. The number of fused-ring (bicyclic) bond motifs is 5. The number of nitrogens with zero attached hydrogens (tertiary/aromatic N) is 1. The Bertz CT molecular complexity index is 594. The molecule has 2 fully saturated rings. The molecule has 0 unspecified atom stereocenters. The van der Waals surface area contributed by atoms with Crippen LogP contribution in [0.3, 0.4) is 0 Å². The Labute approximate surface area is 124 Å². The summed E-state index contributed by atoms with van der Waals surface area (Å²) in [7, 11) is 0. The molecule has 1 saturated carbocycles. The summed E-state index contributed by atoms with van der Waals surface area (Å²) >= 11 is 2.18. The second kappa shape index (κ2) is 3.91. The summed E-state index contributed by atoms with van der Waals surface area (Å²) in [4.78, 5) is 26.6. The zero-order valence-corrected chi connectivity index (χ0v) is 12.3. The van der Waals surface area contributed by atoms with Gasteiger partial charge in [0.1, 0.15) is 0 Å². The predicted octanol–water partition coefficient (Wildman–Crippen LogP) is 2.60. The van der Waals surface area contributed by atoms with Crippen molar-refractivity contribution in [2.45, 2.75) is 6.42 Å². The minimum Gasteiger partial charge on any atom is -0.274 e. The summed E-state index contributed by atoms with van der Waals surface area (Å²) in [6.07, 6.45) is 5.22. The summed E-state index contributed by atoms with van der Waals surface area (Å²) < 4.78 is 0.946. The normalized spacial score (nSPS) is 35.3. The van der Waals surface area contributed by atoms with E-state index in [-0.39, 0.29) is 35.5 Å². The molecule has 0 radical (unpaired) electrons. The van der Waals surface area contributed by atoms with Gasteiger partial charge in [0, 0.05) is 3.57 Å². The molecule has 4 atom stereocenters. The fraction of sp³-hybridized carbons (Fsp3) is 0.333. The van der Waals surface area contributed by atoms with Crippen molar-refractivity contribution in [3.05, 3.63) is 40.0 Å². The van der Waals surface area contributed by atoms with Crippen molar-refractivity contribution in [2.75, 3.05) is 4.90 Å². The van der Waals surface area contributed by atoms with E-state index in [1.165, 1.54) is 4.90 Å². The van der Waals surface area contributed by atoms with E-state index < -0.39 is 0 Å². The lowest BCUT2D eigenvalue weighted by Crippen LogP contribution is -2.33. The van der Waals surface area contributed by atoms with E-state index in [0.29, 0.717) is 0 Å². The lowest BCUT2D eigenvalue weighted by Gasteiger charge is -2.18. The summed E-state index contributed by atoms with van der Waals surface area (Å²) in [6.45, 7) is 0. The van der Waals surface area contributed by atoms with E-state index in [1.54, 1.807) is 0 Å². The molecule has 4 heteroatoms. The summed E-state index contributed by atoms with van der Waals surface area (Å²) in [5, 5.41) is 0. The van der Waals surface area contributed by atoms with E-state index in [2.05, 4.69) is 34.7 Å². The van der Waals surface area contributed by atoms with Gasteiger partial charge in [0.25, 0.3) is 0 Å². The van der Waals surface area contributed by atoms with Gasteiger partial charge in [0.05, 0.1) is 17.5 Å². The lowest BCUT2D eigenvalue weighted by atomic mass is 9.85. The molecule has 2 amide bonds. The summed E-state index contributed by atoms with van der Waals surface area (Å²) in [6, 6.07) is 7.58. The van der Waals surface area contributed by atoms with Crippen molar-refractivity contribution in [3.8, 4) is 0 Å². The summed E-state index contributed by atoms with van der Waals surface area (Å²) in [5.41, 5.74) is 0.743. The highest BCUT2D eigenvalue weighted by molar-refractivity contribution is 14.1. The van der Waals surface area contributed by atoms with Crippen LogP contribution in [0.25, 0.3) is 0 Å². The smallest absolute Gasteiger partial charge is 0.238 e. The fourth-order valence-electron chi connectivity index (χ4n) is 3.77. The molecular formula is C15H12INO2. The van der Waals surface area contributed by atoms with Crippen molar-refractivity contribution < 1.29 is 9.59 Å². The molecule has 19 heavy (non-hydrogen) atoms. The molecule has 96 valence electrons. The molecule has 3 nitrogen and oxygen atoms in total. The molecule has 0 N–H and O–H groups in total. The van der Waals surface area contributed by atoms with Gasteiger partial charge in [-0.1, -0.05) is 24.3 Å². The molecular weight excluding hydrogens is 353 g/mol. The van der Waals surface area contributed by atoms with E-state index in [0.717, 1.165) is 15.7 Å². The standard InChI is InChI=1S/C15H12INO2/c16-10-3-1-2-4-11(10)17-14(18)12-8-5-6-9(7-8)13(12)15(17)19/h1-6,8-9,12-13H,7H2/t8-,9-,12-,13+/m1/s1. The fourth-order valence-corrected chi connectivity index (χ4v) is 4.40. The zero-order valence-electron chi connectivity index (χ0n) is 10.1. The molecule has 2 bridgehead atoms. The number of benzene rings is 1. The first kappa shape index (κ1) is 11.6. The molecule has 3 aliphatic rings. The molecule has 1 aliphatic heterocycles. The van der Waals surface area contributed by atoms with Gasteiger partial charge in [-0.05, 0) is 53.0 Å². The van der Waals surface area contributed by atoms with Crippen LogP contribution in [0.5, 0.6) is 0 Å². The quantitative estimate of drug-likeness (QED) is 0.436. The molecule has 1 aromatic carbocycles. The average molecular weight is 365 g/mol. The maximum absolute atomic E-state index is 12.6. The first-order chi connectivity index (χ1) is 9.18. The minimum atomic E-state index is -0.112. The predicted molar refractivity (Wildman–Crippen MR) is 79.4 cm³/mol. The van der Waals surface area contributed by atoms with E-state index >= 15 is 0 Å². The number of carbonyl (C=O) groups excluding carboxylic acids is 2. The van der Waals surface area contributed by atoms with E-state index in [1.807, 2.05) is 24.3 Å². The highest BCUT2D eigenvalue weighted by Crippen LogP contribution is 2.53. The second-order valence-corrected chi connectivity index (χ2v) is 6.63. The van der Waals surface area contributed by atoms with Gasteiger partial charge >= 0.3 is 0 Å². The monoisotopic (exact) mass is 365 g/mol. The highest BCUT2D eigenvalue weighted by atomic mass is 127. The lowest BCUT2D eigenvalue weighted by molar-refractivity contribution is -0.123. The Morgan fingerprint density at radius 3 is 2.16 bits per heavy atom. The maximum Gasteiger partial charge on any atom is 0.238 e. The third kappa shape index (κ3) is 1.43. The minimum absolute atomic E-state index is 0.00374. The van der Waals surface area contributed by atoms with Crippen molar-refractivity contribution in [1.29, 1.82) is 0 Å². The van der Waals surface area contributed by atoms with Gasteiger partial charge in [0.2, 0.25) is 11.8 Å². The molecule has 1 aromatic rings. The number of allylic oxidation sites excluding steroid dienone is 2. The Morgan fingerprint density at radius 2 is 1.58 bits per heavy atom. The molecule has 2 aliphatic carbocycles. The number of hydrogen-bond donors (Lipinski definition) is 0. The SMILES string of the molecule is O=C1[C@@H]2[C@H](C(=O)N1c1ccccc1I)[C@@H]1C=C[C@@H]2C1. The molecule has 1 heterocycles. The van der Waals surface area contributed by atoms with Crippen LogP contribution in [0, 0.1) is 27.2 Å². The third-order valence-corrected chi connectivity index (χ3v) is 5.48. The molecule has 0 aromatic heterocycles. The van der Waals surface area contributed by atoms with Gasteiger partial charge in [-0.2, -0.15) is 0 Å². The Balaban J connectivity index is 1.79. The second-order valence-electron chi connectivity index (χ2n) is 5.46. The van der Waals surface area contributed by atoms with Gasteiger partial charge < -0.3 is 0 Å². The highest BCUT2D eigenvalue weighted by Gasteiger charge is 2.59. The van der Waals surface area contributed by atoms with Crippen LogP contribution in [0.15, 0.2) is 36.4 Å². The van der Waals surface area contributed by atoms with E-state index in [9.17, 15) is 9.59 Å². The van der Waals surface area contributed by atoms with Crippen LogP contribution >= 0.6 is 22.6 Å². The van der Waals surface area contributed by atoms with Crippen LogP contribution in [0.2, 0.25) is 0 Å². The van der Waals surface area contributed by atoms with Gasteiger partial charge in [-0.25, -0.2) is 4.90 Å². The van der Waals surface area contributed by atoms with Crippen molar-refractivity contribution in [1.82, 2.24) is 0 Å². The van der Waals surface area contributed by atoms with Crippen molar-refractivity contribution in [2.24, 2.45) is 23.7 Å². The number of anilines is 1. The maximum atomic E-state index is 12.6. The largest absolute Gasteiger partial charge is 0.274 e. The van der Waals surface area contributed by atoms with Crippen LogP contribution in [0.1, 0.15) is 6.42 Å². The molecule has 1 saturated heterocycles. The number of amides is 2. The number of hydrogen-bond acceptors (Lipinski definition) is 2. The van der Waals surface area contributed by atoms with Crippen LogP contribution in [-0.2, 0) is 9.59 Å². The summed E-state index contributed by atoms with van der Waals surface area (Å²) in [5.74, 6) is 0.319. The number of para-hydroxylation sites is 1. The van der Waals surface area contributed by atoms with Crippen LogP contribution < -0.4 is 4.90 Å². The Hall–Kier alpha value is -1.17. The van der Waals surface area contributed by atoms with Crippen molar-refractivity contribution in [3.63, 3.8) is 0 Å². The van der Waals surface area contributed by atoms with E-state index in [4.69, 9.17) is 0 Å². The molecule has 0 spiro atoms. The number of imide groups is 1. The first-order valence-electron chi connectivity index (χ1n) is 6.49. The zero-order chi connectivity index (χ0) is 13.1. The number of carbonyl (C=O) groups is 2. The number of halogens is 1. The van der Waals surface area contributed by atoms with Crippen molar-refractivity contribution >= 4 is 40.1 Å². The number of rotatable bonds is 1. The van der Waals surface area contributed by atoms with Gasteiger partial charge in [0.15, 0.2) is 0 Å². The van der Waals surface area contributed by atoms with Gasteiger partial charge in [-0.3, -0.25) is 9.59 Å². The van der Waals surface area contributed by atoms with Gasteiger partial charge in [-0.15, -0.1) is 0 Å². The third-order valence-electron chi connectivity index (χ3n) is 4.56. The average Bonchev–Trinajstić information content (AvgIpc) is 3.06. The van der Waals surface area contributed by atoms with Crippen LogP contribution in [-0.4, -0.2) is 11.8 Å². The Morgan fingerprint density at radius 1 is 1.00 bits per heavy atom.